The van der Waals surface area contributed by atoms with Crippen molar-refractivity contribution in [3.8, 4) is 0 Å². The minimum atomic E-state index is -0.668. The molecule has 1 saturated heterocycles. The number of aromatic nitrogens is 1. The lowest BCUT2D eigenvalue weighted by atomic mass is 9.83. The van der Waals surface area contributed by atoms with E-state index >= 15 is 0 Å². The van der Waals surface area contributed by atoms with E-state index in [-0.39, 0.29) is 23.8 Å². The number of carbonyl (C=O) groups excluding carboxylic acids is 1. The first-order chi connectivity index (χ1) is 16.8. The number of amides is 1. The van der Waals surface area contributed by atoms with Crippen molar-refractivity contribution < 1.29 is 14.7 Å². The highest BCUT2D eigenvalue weighted by Crippen LogP contribution is 2.34. The van der Waals surface area contributed by atoms with Crippen LogP contribution in [-0.2, 0) is 17.6 Å². The van der Waals surface area contributed by atoms with Crippen LogP contribution >= 0.6 is 11.3 Å². The van der Waals surface area contributed by atoms with Gasteiger partial charge in [0.2, 0.25) is 0 Å². The van der Waals surface area contributed by atoms with E-state index in [0.717, 1.165) is 54.7 Å². The van der Waals surface area contributed by atoms with Crippen LogP contribution in [0.15, 0.2) is 30.3 Å². The quantitative estimate of drug-likeness (QED) is 0.487. The van der Waals surface area contributed by atoms with E-state index in [9.17, 15) is 14.7 Å². The third-order valence-corrected chi connectivity index (χ3v) is 8.75. The standard InChI is InChI=1S/C27H32N4O3S/c1-3-16-14-31(11-10-21(16)27(33)34)20-8-6-17-12-19(7-5-18(17)13-20)30-25(32)24-23(28)22-9-4-15(2)29-26(22)35-24/h4,6,8-9,13,16,19,21H,3,5,7,10-12,14,28H2,1-2H3,(H,30,32)(H,33,34)/t16-,19+,21?/m1/s1. The number of pyridine rings is 1. The van der Waals surface area contributed by atoms with Crippen LogP contribution in [-0.4, -0.2) is 41.1 Å². The molecule has 2 aliphatic rings. The number of rotatable bonds is 5. The molecule has 0 radical (unpaired) electrons. The van der Waals surface area contributed by atoms with Crippen molar-refractivity contribution in [2.75, 3.05) is 23.7 Å². The summed E-state index contributed by atoms with van der Waals surface area (Å²) in [6, 6.07) is 10.5. The van der Waals surface area contributed by atoms with Gasteiger partial charge in [0, 0.05) is 35.9 Å². The smallest absolute Gasteiger partial charge is 0.306 e. The Labute approximate surface area is 209 Å². The summed E-state index contributed by atoms with van der Waals surface area (Å²) in [5.41, 5.74) is 11.5. The van der Waals surface area contributed by atoms with E-state index < -0.39 is 5.97 Å². The van der Waals surface area contributed by atoms with Crippen LogP contribution in [0, 0.1) is 18.8 Å². The van der Waals surface area contributed by atoms with Gasteiger partial charge in [-0.05, 0) is 73.9 Å². The molecule has 0 saturated carbocycles. The summed E-state index contributed by atoms with van der Waals surface area (Å²) < 4.78 is 0. The zero-order valence-corrected chi connectivity index (χ0v) is 21.0. The van der Waals surface area contributed by atoms with Crippen molar-refractivity contribution >= 4 is 44.8 Å². The predicted octanol–water partition coefficient (Wildman–Crippen LogP) is 4.41. The number of carbonyl (C=O) groups is 2. The predicted molar refractivity (Wildman–Crippen MR) is 140 cm³/mol. The van der Waals surface area contributed by atoms with Gasteiger partial charge >= 0.3 is 5.97 Å². The van der Waals surface area contributed by atoms with Gasteiger partial charge in [0.15, 0.2) is 0 Å². The second-order valence-corrected chi connectivity index (χ2v) is 10.9. The van der Waals surface area contributed by atoms with Crippen molar-refractivity contribution in [2.45, 2.75) is 52.0 Å². The molecule has 184 valence electrons. The van der Waals surface area contributed by atoms with Gasteiger partial charge in [0.25, 0.3) is 5.91 Å². The first-order valence-electron chi connectivity index (χ1n) is 12.4. The van der Waals surface area contributed by atoms with Crippen LogP contribution in [0.5, 0.6) is 0 Å². The minimum absolute atomic E-state index is 0.0657. The van der Waals surface area contributed by atoms with Gasteiger partial charge in [-0.1, -0.05) is 19.4 Å². The van der Waals surface area contributed by atoms with Crippen LogP contribution in [0.3, 0.4) is 0 Å². The van der Waals surface area contributed by atoms with Crippen LogP contribution < -0.4 is 16.0 Å². The Morgan fingerprint density at radius 1 is 1.23 bits per heavy atom. The number of aryl methyl sites for hydroxylation is 2. The number of aliphatic carboxylic acids is 1. The van der Waals surface area contributed by atoms with E-state index in [1.165, 1.54) is 28.2 Å². The summed E-state index contributed by atoms with van der Waals surface area (Å²) in [4.78, 5) is 32.8. The molecular formula is C27H32N4O3S. The molecule has 1 fully saturated rings. The van der Waals surface area contributed by atoms with Crippen LogP contribution in [0.4, 0.5) is 11.4 Å². The molecule has 3 heterocycles. The summed E-state index contributed by atoms with van der Waals surface area (Å²) >= 11 is 1.35. The number of nitrogens with zero attached hydrogens (tertiary/aromatic N) is 2. The second-order valence-electron chi connectivity index (χ2n) is 9.86. The van der Waals surface area contributed by atoms with Crippen LogP contribution in [0.25, 0.3) is 10.2 Å². The number of thiophene rings is 1. The fourth-order valence-corrected chi connectivity index (χ4v) is 6.62. The molecule has 1 aliphatic heterocycles. The van der Waals surface area contributed by atoms with Crippen LogP contribution in [0.2, 0.25) is 0 Å². The molecule has 8 heteroatoms. The molecule has 7 nitrogen and oxygen atoms in total. The first-order valence-corrected chi connectivity index (χ1v) is 13.2. The maximum absolute atomic E-state index is 13.0. The summed E-state index contributed by atoms with van der Waals surface area (Å²) in [5, 5.41) is 13.6. The molecule has 2 aromatic heterocycles. The van der Waals surface area contributed by atoms with Crippen molar-refractivity contribution in [3.05, 3.63) is 52.0 Å². The highest BCUT2D eigenvalue weighted by Gasteiger charge is 2.33. The Hall–Kier alpha value is -3.13. The van der Waals surface area contributed by atoms with E-state index in [2.05, 4.69) is 40.3 Å². The number of piperidine rings is 1. The van der Waals surface area contributed by atoms with Gasteiger partial charge in [-0.15, -0.1) is 11.3 Å². The topological polar surface area (TPSA) is 109 Å². The van der Waals surface area contributed by atoms with Crippen molar-refractivity contribution in [1.29, 1.82) is 0 Å². The van der Waals surface area contributed by atoms with Crippen molar-refractivity contribution in [3.63, 3.8) is 0 Å². The fourth-order valence-electron chi connectivity index (χ4n) is 5.58. The molecule has 3 aromatic rings. The van der Waals surface area contributed by atoms with Gasteiger partial charge in [-0.2, -0.15) is 0 Å². The molecule has 0 spiro atoms. The number of benzene rings is 1. The van der Waals surface area contributed by atoms with Gasteiger partial charge in [0.1, 0.15) is 9.71 Å². The van der Waals surface area contributed by atoms with Crippen LogP contribution in [0.1, 0.15) is 52.7 Å². The Bertz CT molecular complexity index is 1290. The first kappa shape index (κ1) is 23.6. The lowest BCUT2D eigenvalue weighted by Gasteiger charge is -2.38. The van der Waals surface area contributed by atoms with E-state index in [0.29, 0.717) is 17.0 Å². The van der Waals surface area contributed by atoms with Gasteiger partial charge in [0.05, 0.1) is 11.6 Å². The number of fused-ring (bicyclic) bond motifs is 2. The number of anilines is 2. The minimum Gasteiger partial charge on any atom is -0.481 e. The summed E-state index contributed by atoms with van der Waals surface area (Å²) in [5.74, 6) is -0.857. The number of nitrogens with two attached hydrogens (primary N) is 1. The molecular weight excluding hydrogens is 460 g/mol. The lowest BCUT2D eigenvalue weighted by Crippen LogP contribution is -2.43. The molecule has 1 amide bonds. The normalized spacial score (nSPS) is 22.1. The van der Waals surface area contributed by atoms with E-state index in [1.807, 2.05) is 19.1 Å². The molecule has 3 atom stereocenters. The van der Waals surface area contributed by atoms with Gasteiger partial charge < -0.3 is 21.1 Å². The summed E-state index contributed by atoms with van der Waals surface area (Å²) in [7, 11) is 0. The zero-order valence-electron chi connectivity index (χ0n) is 20.2. The molecule has 4 N–H and O–H groups in total. The Morgan fingerprint density at radius 2 is 2.06 bits per heavy atom. The maximum atomic E-state index is 13.0. The molecule has 35 heavy (non-hydrogen) atoms. The SMILES string of the molecule is CC[C@@H]1CN(c2ccc3c(c2)CC[C@H](NC(=O)c2sc4nc(C)ccc4c2N)C3)CCC1C(=O)O. The third kappa shape index (κ3) is 4.59. The molecule has 1 aromatic carbocycles. The molecule has 1 unspecified atom stereocenters. The average molecular weight is 493 g/mol. The Kier molecular flexibility index (Phi) is 6.40. The van der Waals surface area contributed by atoms with Crippen molar-refractivity contribution in [2.24, 2.45) is 11.8 Å². The van der Waals surface area contributed by atoms with E-state index in [1.54, 1.807) is 0 Å². The molecule has 0 bridgehead atoms. The molecule has 5 rings (SSSR count). The Balaban J connectivity index is 1.26. The number of carboxylic acids is 1. The van der Waals surface area contributed by atoms with Crippen molar-refractivity contribution in [1.82, 2.24) is 10.3 Å². The number of nitrogen functional groups attached to an aromatic ring is 1. The largest absolute Gasteiger partial charge is 0.481 e. The highest BCUT2D eigenvalue weighted by atomic mass is 32.1. The molecule has 1 aliphatic carbocycles. The number of nitrogens with one attached hydrogen (secondary N) is 1. The van der Waals surface area contributed by atoms with Gasteiger partial charge in [-0.25, -0.2) is 4.98 Å². The third-order valence-electron chi connectivity index (χ3n) is 7.63. The highest BCUT2D eigenvalue weighted by molar-refractivity contribution is 7.21. The zero-order chi connectivity index (χ0) is 24.7. The number of hydrogen-bond donors (Lipinski definition) is 3. The lowest BCUT2D eigenvalue weighted by molar-refractivity contribution is -0.144. The Morgan fingerprint density at radius 3 is 2.83 bits per heavy atom. The average Bonchev–Trinajstić information content (AvgIpc) is 3.18. The second kappa shape index (κ2) is 9.49. The summed E-state index contributed by atoms with van der Waals surface area (Å²) in [6.45, 7) is 5.57. The maximum Gasteiger partial charge on any atom is 0.306 e. The van der Waals surface area contributed by atoms with Gasteiger partial charge in [-0.3, -0.25) is 9.59 Å². The monoisotopic (exact) mass is 492 g/mol. The summed E-state index contributed by atoms with van der Waals surface area (Å²) in [6.07, 6.45) is 4.14. The number of hydrogen-bond acceptors (Lipinski definition) is 6. The fraction of sp³-hybridized carbons (Fsp3) is 0.444. The number of carboxylic acid groups (broad SMARTS) is 1. The van der Waals surface area contributed by atoms with E-state index in [4.69, 9.17) is 5.73 Å².